The van der Waals surface area contributed by atoms with Gasteiger partial charge in [0.05, 0.1) is 11.3 Å². The fourth-order valence-electron chi connectivity index (χ4n) is 2.08. The quantitative estimate of drug-likeness (QED) is 0.911. The van der Waals surface area contributed by atoms with E-state index in [-0.39, 0.29) is 17.9 Å². The zero-order valence-electron chi connectivity index (χ0n) is 11.8. The minimum atomic E-state index is -0.402. The van der Waals surface area contributed by atoms with Gasteiger partial charge in [-0.25, -0.2) is 4.39 Å². The normalized spacial score (nSPS) is 13.5. The maximum atomic E-state index is 12.9. The van der Waals surface area contributed by atoms with Crippen LogP contribution in [0.2, 0.25) is 0 Å². The smallest absolute Gasteiger partial charge is 0.255 e. The van der Waals surface area contributed by atoms with Gasteiger partial charge in [-0.05, 0) is 49.2 Å². The van der Waals surface area contributed by atoms with Crippen LogP contribution in [0.15, 0.2) is 48.5 Å². The van der Waals surface area contributed by atoms with E-state index in [2.05, 4.69) is 10.6 Å². The van der Waals surface area contributed by atoms with Crippen molar-refractivity contribution < 1.29 is 14.0 Å². The van der Waals surface area contributed by atoms with Crippen molar-refractivity contribution in [2.75, 3.05) is 5.32 Å². The first-order valence-corrected chi connectivity index (χ1v) is 7.10. The maximum Gasteiger partial charge on any atom is 0.255 e. The molecule has 3 rings (SSSR count). The summed E-state index contributed by atoms with van der Waals surface area (Å²) in [5.74, 6) is -0.982. The van der Waals surface area contributed by atoms with Gasteiger partial charge < -0.3 is 10.6 Å². The first-order chi connectivity index (χ1) is 10.6. The van der Waals surface area contributed by atoms with Gasteiger partial charge in [0.1, 0.15) is 5.82 Å². The molecule has 0 aliphatic heterocycles. The van der Waals surface area contributed by atoms with E-state index in [1.165, 1.54) is 24.3 Å². The van der Waals surface area contributed by atoms with Gasteiger partial charge in [0.2, 0.25) is 0 Å². The van der Waals surface area contributed by atoms with E-state index in [0.717, 1.165) is 12.8 Å². The lowest BCUT2D eigenvalue weighted by Crippen LogP contribution is -2.27. The zero-order chi connectivity index (χ0) is 15.5. The summed E-state index contributed by atoms with van der Waals surface area (Å²) in [6, 6.07) is 12.3. The fraction of sp³-hybridized carbons (Fsp3) is 0.176. The topological polar surface area (TPSA) is 58.2 Å². The number of carbonyl (C=O) groups is 2. The Bertz CT molecular complexity index is 709. The molecular formula is C17H15FN2O2. The lowest BCUT2D eigenvalue weighted by atomic mass is 10.1. The molecule has 1 saturated carbocycles. The molecule has 1 aliphatic carbocycles. The van der Waals surface area contributed by atoms with Gasteiger partial charge in [-0.3, -0.25) is 9.59 Å². The van der Waals surface area contributed by atoms with E-state index in [1.54, 1.807) is 24.3 Å². The summed E-state index contributed by atoms with van der Waals surface area (Å²) in [5.41, 5.74) is 1.19. The largest absolute Gasteiger partial charge is 0.349 e. The van der Waals surface area contributed by atoms with Gasteiger partial charge in [-0.2, -0.15) is 0 Å². The van der Waals surface area contributed by atoms with Crippen LogP contribution in [0.1, 0.15) is 33.6 Å². The number of carbonyl (C=O) groups excluding carboxylic acids is 2. The van der Waals surface area contributed by atoms with Gasteiger partial charge >= 0.3 is 0 Å². The summed E-state index contributed by atoms with van der Waals surface area (Å²) in [5, 5.41) is 5.59. The molecule has 2 N–H and O–H groups in total. The molecular weight excluding hydrogens is 283 g/mol. The minimum Gasteiger partial charge on any atom is -0.349 e. The lowest BCUT2D eigenvalue weighted by Gasteiger charge is -2.11. The van der Waals surface area contributed by atoms with Crippen LogP contribution in [0.25, 0.3) is 0 Å². The SMILES string of the molecule is O=C(Nc1ccccc1C(=O)NC1CC1)c1ccc(F)cc1. The summed E-state index contributed by atoms with van der Waals surface area (Å²) in [6.07, 6.45) is 1.99. The van der Waals surface area contributed by atoms with E-state index in [1.807, 2.05) is 0 Å². The maximum absolute atomic E-state index is 12.9. The Morgan fingerprint density at radius 3 is 2.32 bits per heavy atom. The van der Waals surface area contributed by atoms with Crippen LogP contribution in [0, 0.1) is 5.82 Å². The van der Waals surface area contributed by atoms with Gasteiger partial charge in [0.15, 0.2) is 0 Å². The molecule has 5 heteroatoms. The van der Waals surface area contributed by atoms with Crippen molar-refractivity contribution in [3.63, 3.8) is 0 Å². The van der Waals surface area contributed by atoms with Crippen LogP contribution in [-0.4, -0.2) is 17.9 Å². The molecule has 4 nitrogen and oxygen atoms in total. The second-order valence-electron chi connectivity index (χ2n) is 5.25. The van der Waals surface area contributed by atoms with Crippen molar-refractivity contribution in [3.05, 3.63) is 65.5 Å². The molecule has 1 aliphatic rings. The Labute approximate surface area is 127 Å². The van der Waals surface area contributed by atoms with E-state index in [4.69, 9.17) is 0 Å². The van der Waals surface area contributed by atoms with Crippen LogP contribution in [-0.2, 0) is 0 Å². The molecule has 2 aromatic rings. The molecule has 0 spiro atoms. The number of anilines is 1. The van der Waals surface area contributed by atoms with E-state index in [0.29, 0.717) is 16.8 Å². The third kappa shape index (κ3) is 3.31. The molecule has 1 fully saturated rings. The average molecular weight is 298 g/mol. The lowest BCUT2D eigenvalue weighted by molar-refractivity contribution is 0.0952. The molecule has 0 radical (unpaired) electrons. The molecule has 2 aromatic carbocycles. The van der Waals surface area contributed by atoms with E-state index >= 15 is 0 Å². The highest BCUT2D eigenvalue weighted by Gasteiger charge is 2.25. The molecule has 0 heterocycles. The standard InChI is InChI=1S/C17H15FN2O2/c18-12-7-5-11(6-8-12)16(21)20-15-4-2-1-3-14(15)17(22)19-13-9-10-13/h1-8,13H,9-10H2,(H,19,22)(H,20,21). The van der Waals surface area contributed by atoms with Crippen molar-refractivity contribution in [1.29, 1.82) is 0 Å². The van der Waals surface area contributed by atoms with Crippen molar-refractivity contribution in [2.24, 2.45) is 0 Å². The number of benzene rings is 2. The highest BCUT2D eigenvalue weighted by atomic mass is 19.1. The van der Waals surface area contributed by atoms with E-state index < -0.39 is 5.82 Å². The molecule has 112 valence electrons. The third-order valence-corrected chi connectivity index (χ3v) is 3.44. The molecule has 2 amide bonds. The summed E-state index contributed by atoms with van der Waals surface area (Å²) in [7, 11) is 0. The summed E-state index contributed by atoms with van der Waals surface area (Å²) >= 11 is 0. The first-order valence-electron chi connectivity index (χ1n) is 7.10. The fourth-order valence-corrected chi connectivity index (χ4v) is 2.08. The predicted octanol–water partition coefficient (Wildman–Crippen LogP) is 2.97. The number of nitrogens with one attached hydrogen (secondary N) is 2. The third-order valence-electron chi connectivity index (χ3n) is 3.44. The second-order valence-corrected chi connectivity index (χ2v) is 5.25. The Hall–Kier alpha value is -2.69. The Morgan fingerprint density at radius 1 is 0.955 bits per heavy atom. The van der Waals surface area contributed by atoms with Gasteiger partial charge in [-0.15, -0.1) is 0 Å². The van der Waals surface area contributed by atoms with Crippen LogP contribution >= 0.6 is 0 Å². The Morgan fingerprint density at radius 2 is 1.64 bits per heavy atom. The molecule has 0 aromatic heterocycles. The molecule has 0 atom stereocenters. The second kappa shape index (κ2) is 5.97. The Balaban J connectivity index is 1.78. The summed E-state index contributed by atoms with van der Waals surface area (Å²) in [4.78, 5) is 24.3. The first kappa shape index (κ1) is 14.3. The minimum absolute atomic E-state index is 0.197. The highest BCUT2D eigenvalue weighted by Crippen LogP contribution is 2.22. The summed E-state index contributed by atoms with van der Waals surface area (Å²) in [6.45, 7) is 0. The molecule has 0 unspecified atom stereocenters. The number of hydrogen-bond donors (Lipinski definition) is 2. The van der Waals surface area contributed by atoms with Crippen molar-refractivity contribution in [1.82, 2.24) is 5.32 Å². The van der Waals surface area contributed by atoms with Gasteiger partial charge in [-0.1, -0.05) is 12.1 Å². The van der Waals surface area contributed by atoms with E-state index in [9.17, 15) is 14.0 Å². The summed E-state index contributed by atoms with van der Waals surface area (Å²) < 4.78 is 12.9. The average Bonchev–Trinajstić information content (AvgIpc) is 3.32. The van der Waals surface area contributed by atoms with Crippen LogP contribution in [0.3, 0.4) is 0 Å². The highest BCUT2D eigenvalue weighted by molar-refractivity contribution is 6.09. The number of amides is 2. The molecule has 0 bridgehead atoms. The van der Waals surface area contributed by atoms with Crippen molar-refractivity contribution >= 4 is 17.5 Å². The number of hydrogen-bond acceptors (Lipinski definition) is 2. The van der Waals surface area contributed by atoms with Crippen LogP contribution < -0.4 is 10.6 Å². The number of para-hydroxylation sites is 1. The molecule has 0 saturated heterocycles. The van der Waals surface area contributed by atoms with Gasteiger partial charge in [0, 0.05) is 11.6 Å². The van der Waals surface area contributed by atoms with Crippen LogP contribution in [0.4, 0.5) is 10.1 Å². The Kier molecular flexibility index (Phi) is 3.87. The number of halogens is 1. The molecule has 22 heavy (non-hydrogen) atoms. The monoisotopic (exact) mass is 298 g/mol. The zero-order valence-corrected chi connectivity index (χ0v) is 11.8. The van der Waals surface area contributed by atoms with Crippen molar-refractivity contribution in [2.45, 2.75) is 18.9 Å². The van der Waals surface area contributed by atoms with Gasteiger partial charge in [0.25, 0.3) is 11.8 Å². The number of rotatable bonds is 4. The predicted molar refractivity (Wildman–Crippen MR) is 81.3 cm³/mol. The van der Waals surface area contributed by atoms with Crippen molar-refractivity contribution in [3.8, 4) is 0 Å². The van der Waals surface area contributed by atoms with Crippen LogP contribution in [0.5, 0.6) is 0 Å².